The Labute approximate surface area is 203 Å². The van der Waals surface area contributed by atoms with Crippen LogP contribution in [0.1, 0.15) is 29.5 Å². The van der Waals surface area contributed by atoms with Gasteiger partial charge in [0.2, 0.25) is 5.91 Å². The molecule has 4 N–H and O–H groups in total. The molecular formula is C27H27N3O5. The number of esters is 1. The zero-order valence-electron chi connectivity index (χ0n) is 19.3. The predicted octanol–water partition coefficient (Wildman–Crippen LogP) is 3.55. The van der Waals surface area contributed by atoms with Gasteiger partial charge in [0.25, 0.3) is 0 Å². The van der Waals surface area contributed by atoms with Gasteiger partial charge in [0, 0.05) is 11.6 Å². The second-order valence-electron chi connectivity index (χ2n) is 8.25. The van der Waals surface area contributed by atoms with E-state index < -0.39 is 18.1 Å². The number of amides is 2. The second-order valence-corrected chi connectivity index (χ2v) is 8.25. The number of anilines is 1. The van der Waals surface area contributed by atoms with Crippen molar-refractivity contribution in [3.05, 3.63) is 89.5 Å². The van der Waals surface area contributed by atoms with Crippen molar-refractivity contribution in [1.82, 2.24) is 5.32 Å². The first kappa shape index (κ1) is 24.0. The molecule has 2 amide bonds. The Hall–Kier alpha value is -4.17. The number of hydrogen-bond acceptors (Lipinski definition) is 6. The first-order valence-corrected chi connectivity index (χ1v) is 11.3. The minimum atomic E-state index is -0.897. The minimum absolute atomic E-state index is 0.0120. The Morgan fingerprint density at radius 3 is 2.23 bits per heavy atom. The molecule has 0 aromatic heterocycles. The van der Waals surface area contributed by atoms with Crippen LogP contribution in [-0.2, 0) is 25.7 Å². The summed E-state index contributed by atoms with van der Waals surface area (Å²) in [6, 6.07) is 22.1. The number of rotatable bonds is 8. The summed E-state index contributed by atoms with van der Waals surface area (Å²) in [6.07, 6.45) is -0.692. The van der Waals surface area contributed by atoms with Crippen molar-refractivity contribution in [2.45, 2.75) is 25.5 Å². The minimum Gasteiger partial charge on any atom is -0.459 e. The van der Waals surface area contributed by atoms with Crippen molar-refractivity contribution >= 4 is 23.7 Å². The summed E-state index contributed by atoms with van der Waals surface area (Å²) in [5, 5.41) is 5.17. The van der Waals surface area contributed by atoms with E-state index in [-0.39, 0.29) is 31.6 Å². The molecule has 35 heavy (non-hydrogen) atoms. The maximum atomic E-state index is 12.4. The van der Waals surface area contributed by atoms with E-state index in [0.717, 1.165) is 22.3 Å². The Kier molecular flexibility index (Phi) is 7.42. The van der Waals surface area contributed by atoms with Crippen molar-refractivity contribution in [3.63, 3.8) is 0 Å². The third-order valence-corrected chi connectivity index (χ3v) is 5.81. The normalized spacial score (nSPS) is 12.7. The number of alkyl carbamates (subject to hydrolysis) is 1. The van der Waals surface area contributed by atoms with Crippen molar-refractivity contribution in [1.29, 1.82) is 0 Å². The van der Waals surface area contributed by atoms with Gasteiger partial charge < -0.3 is 25.8 Å². The molecule has 8 heteroatoms. The molecule has 0 bridgehead atoms. The molecule has 180 valence electrons. The van der Waals surface area contributed by atoms with Gasteiger partial charge in [0.05, 0.1) is 6.54 Å². The molecule has 0 saturated heterocycles. The summed E-state index contributed by atoms with van der Waals surface area (Å²) in [7, 11) is 0. The van der Waals surface area contributed by atoms with Gasteiger partial charge in [0.15, 0.2) is 0 Å². The third-order valence-electron chi connectivity index (χ3n) is 5.81. The van der Waals surface area contributed by atoms with E-state index in [9.17, 15) is 14.4 Å². The van der Waals surface area contributed by atoms with E-state index in [4.69, 9.17) is 15.2 Å². The standard InChI is InChI=1S/C27H27N3O5/c1-17(26(32)34-15-18-7-6-8-19(13-18)30-25(31)14-28)29-27(33)35-16-24-22-11-4-2-9-20(22)21-10-3-5-12-23(21)24/h2-13,17,24H,14-16,28H2,1H3,(H,29,33)(H,30,31)/t17-/m0/s1. The summed E-state index contributed by atoms with van der Waals surface area (Å²) in [6.45, 7) is 1.55. The first-order chi connectivity index (χ1) is 17.0. The number of hydrogen-bond donors (Lipinski definition) is 3. The molecule has 0 unspecified atom stereocenters. The predicted molar refractivity (Wildman–Crippen MR) is 132 cm³/mol. The van der Waals surface area contributed by atoms with Crippen LogP contribution < -0.4 is 16.4 Å². The summed E-state index contributed by atoms with van der Waals surface area (Å²) < 4.78 is 10.8. The highest BCUT2D eigenvalue weighted by molar-refractivity contribution is 5.92. The highest BCUT2D eigenvalue weighted by Gasteiger charge is 2.29. The lowest BCUT2D eigenvalue weighted by Crippen LogP contribution is -2.40. The topological polar surface area (TPSA) is 120 Å². The quantitative estimate of drug-likeness (QED) is 0.431. The monoisotopic (exact) mass is 473 g/mol. The Morgan fingerprint density at radius 2 is 1.57 bits per heavy atom. The lowest BCUT2D eigenvalue weighted by Gasteiger charge is -2.17. The SMILES string of the molecule is C[C@H](NC(=O)OCC1c2ccccc2-c2ccccc21)C(=O)OCc1cccc(NC(=O)CN)c1. The van der Waals surface area contributed by atoms with Crippen LogP contribution in [0.2, 0.25) is 0 Å². The molecular weight excluding hydrogens is 446 g/mol. The average molecular weight is 474 g/mol. The van der Waals surface area contributed by atoms with Crippen molar-refractivity contribution in [2.24, 2.45) is 5.73 Å². The van der Waals surface area contributed by atoms with Crippen molar-refractivity contribution < 1.29 is 23.9 Å². The van der Waals surface area contributed by atoms with Gasteiger partial charge in [-0.05, 0) is 46.9 Å². The zero-order valence-corrected chi connectivity index (χ0v) is 19.3. The smallest absolute Gasteiger partial charge is 0.407 e. The van der Waals surface area contributed by atoms with Gasteiger partial charge in [-0.1, -0.05) is 60.7 Å². The molecule has 3 aromatic carbocycles. The van der Waals surface area contributed by atoms with Crippen LogP contribution in [0.4, 0.5) is 10.5 Å². The van der Waals surface area contributed by atoms with Crippen LogP contribution >= 0.6 is 0 Å². The molecule has 0 spiro atoms. The Balaban J connectivity index is 1.28. The Bertz CT molecular complexity index is 1200. The first-order valence-electron chi connectivity index (χ1n) is 11.3. The molecule has 0 radical (unpaired) electrons. The van der Waals surface area contributed by atoms with Gasteiger partial charge in [-0.25, -0.2) is 9.59 Å². The highest BCUT2D eigenvalue weighted by atomic mass is 16.6. The zero-order chi connectivity index (χ0) is 24.8. The largest absolute Gasteiger partial charge is 0.459 e. The van der Waals surface area contributed by atoms with E-state index in [2.05, 4.69) is 22.8 Å². The highest BCUT2D eigenvalue weighted by Crippen LogP contribution is 2.44. The van der Waals surface area contributed by atoms with Gasteiger partial charge in [-0.15, -0.1) is 0 Å². The molecule has 1 aliphatic rings. The van der Waals surface area contributed by atoms with Crippen LogP contribution in [0.3, 0.4) is 0 Å². The number of benzene rings is 3. The van der Waals surface area contributed by atoms with Crippen LogP contribution in [0, 0.1) is 0 Å². The van der Waals surface area contributed by atoms with Crippen LogP contribution in [0.25, 0.3) is 11.1 Å². The number of nitrogens with one attached hydrogen (secondary N) is 2. The number of nitrogens with two attached hydrogens (primary N) is 1. The van der Waals surface area contributed by atoms with Crippen LogP contribution in [-0.4, -0.2) is 37.2 Å². The fourth-order valence-electron chi connectivity index (χ4n) is 4.11. The summed E-state index contributed by atoms with van der Waals surface area (Å²) >= 11 is 0. The van der Waals surface area contributed by atoms with Gasteiger partial charge in [0.1, 0.15) is 19.3 Å². The van der Waals surface area contributed by atoms with E-state index in [0.29, 0.717) is 11.3 Å². The molecule has 3 aromatic rings. The molecule has 0 saturated carbocycles. The second kappa shape index (κ2) is 10.8. The van der Waals surface area contributed by atoms with Crippen LogP contribution in [0.15, 0.2) is 72.8 Å². The van der Waals surface area contributed by atoms with Gasteiger partial charge in [-0.3, -0.25) is 4.79 Å². The molecule has 0 fully saturated rings. The van der Waals surface area contributed by atoms with E-state index >= 15 is 0 Å². The maximum Gasteiger partial charge on any atom is 0.407 e. The molecule has 0 heterocycles. The molecule has 4 rings (SSSR count). The van der Waals surface area contributed by atoms with Crippen molar-refractivity contribution in [2.75, 3.05) is 18.5 Å². The summed E-state index contributed by atoms with van der Waals surface area (Å²) in [4.78, 5) is 36.2. The summed E-state index contributed by atoms with van der Waals surface area (Å²) in [5.74, 6) is -0.989. The molecule has 8 nitrogen and oxygen atoms in total. The Morgan fingerprint density at radius 1 is 0.914 bits per heavy atom. The maximum absolute atomic E-state index is 12.4. The van der Waals surface area contributed by atoms with Gasteiger partial charge in [-0.2, -0.15) is 0 Å². The lowest BCUT2D eigenvalue weighted by atomic mass is 9.98. The fraction of sp³-hybridized carbons (Fsp3) is 0.222. The molecule has 1 aliphatic carbocycles. The summed E-state index contributed by atoms with van der Waals surface area (Å²) in [5.41, 5.74) is 11.0. The van der Waals surface area contributed by atoms with Crippen molar-refractivity contribution in [3.8, 4) is 11.1 Å². The average Bonchev–Trinajstić information content (AvgIpc) is 3.19. The number of carbonyl (C=O) groups excluding carboxylic acids is 3. The van der Waals surface area contributed by atoms with Crippen LogP contribution in [0.5, 0.6) is 0 Å². The fourth-order valence-corrected chi connectivity index (χ4v) is 4.11. The number of carbonyl (C=O) groups is 3. The van der Waals surface area contributed by atoms with E-state index in [1.54, 1.807) is 24.3 Å². The van der Waals surface area contributed by atoms with Gasteiger partial charge >= 0.3 is 12.1 Å². The molecule has 0 aliphatic heterocycles. The van der Waals surface area contributed by atoms with E-state index in [1.807, 2.05) is 36.4 Å². The third kappa shape index (κ3) is 5.67. The lowest BCUT2D eigenvalue weighted by molar-refractivity contribution is -0.146. The van der Waals surface area contributed by atoms with E-state index in [1.165, 1.54) is 6.92 Å². The number of fused-ring (bicyclic) bond motifs is 3. The number of ether oxygens (including phenoxy) is 2. The molecule has 1 atom stereocenters.